The standard InChI is InChI=1S/C23H30N2O/c1-17(2)24-15-21-11-12-22(16-24)25(21)14-18-7-9-19(10-8-18)20-5-4-6-23(13-20)26-3/h4-10,13,17,21-22H,11-12,14-16H2,1-3H3. The van der Waals surface area contributed by atoms with E-state index in [4.69, 9.17) is 4.74 Å². The molecular weight excluding hydrogens is 320 g/mol. The van der Waals surface area contributed by atoms with E-state index in [9.17, 15) is 0 Å². The third kappa shape index (κ3) is 3.51. The molecule has 0 N–H and O–H groups in total. The Morgan fingerprint density at radius 3 is 2.27 bits per heavy atom. The molecule has 2 heterocycles. The third-order valence-electron chi connectivity index (χ3n) is 6.11. The number of hydrogen-bond donors (Lipinski definition) is 0. The molecule has 0 amide bonds. The van der Waals surface area contributed by atoms with E-state index >= 15 is 0 Å². The van der Waals surface area contributed by atoms with E-state index in [1.54, 1.807) is 7.11 Å². The molecule has 138 valence electrons. The van der Waals surface area contributed by atoms with Crippen LogP contribution in [0.1, 0.15) is 32.3 Å². The largest absolute Gasteiger partial charge is 0.497 e. The average molecular weight is 351 g/mol. The molecule has 2 saturated heterocycles. The maximum absolute atomic E-state index is 5.35. The number of benzene rings is 2. The zero-order chi connectivity index (χ0) is 18.1. The van der Waals surface area contributed by atoms with Crippen molar-refractivity contribution < 1.29 is 4.74 Å². The van der Waals surface area contributed by atoms with Gasteiger partial charge < -0.3 is 4.74 Å². The van der Waals surface area contributed by atoms with Crippen LogP contribution in [0.3, 0.4) is 0 Å². The van der Waals surface area contributed by atoms with Gasteiger partial charge in [-0.3, -0.25) is 9.80 Å². The number of methoxy groups -OCH3 is 1. The normalized spacial score (nSPS) is 23.5. The molecule has 3 heteroatoms. The summed E-state index contributed by atoms with van der Waals surface area (Å²) in [5.41, 5.74) is 3.88. The predicted molar refractivity (Wildman–Crippen MR) is 107 cm³/mol. The van der Waals surface area contributed by atoms with Gasteiger partial charge in [0.15, 0.2) is 0 Å². The molecule has 2 unspecified atom stereocenters. The Labute approximate surface area is 157 Å². The fraction of sp³-hybridized carbons (Fsp3) is 0.478. The van der Waals surface area contributed by atoms with Gasteiger partial charge in [0.1, 0.15) is 5.75 Å². The summed E-state index contributed by atoms with van der Waals surface area (Å²) in [4.78, 5) is 5.41. The van der Waals surface area contributed by atoms with Crippen molar-refractivity contribution in [1.82, 2.24) is 9.80 Å². The number of ether oxygens (including phenoxy) is 1. The Morgan fingerprint density at radius 1 is 0.962 bits per heavy atom. The topological polar surface area (TPSA) is 15.7 Å². The first-order valence-electron chi connectivity index (χ1n) is 9.87. The van der Waals surface area contributed by atoms with E-state index in [1.165, 1.54) is 42.6 Å². The molecule has 2 aliphatic heterocycles. The Bertz CT molecular complexity index is 726. The third-order valence-corrected chi connectivity index (χ3v) is 6.11. The van der Waals surface area contributed by atoms with Crippen molar-refractivity contribution in [2.75, 3.05) is 20.2 Å². The number of piperazine rings is 1. The van der Waals surface area contributed by atoms with Crippen LogP contribution in [-0.2, 0) is 6.54 Å². The number of likely N-dealkylation sites (tertiary alicyclic amines) is 1. The van der Waals surface area contributed by atoms with E-state index in [0.29, 0.717) is 6.04 Å². The number of rotatable bonds is 5. The fourth-order valence-electron chi connectivity index (χ4n) is 4.52. The molecule has 0 spiro atoms. The zero-order valence-corrected chi connectivity index (χ0v) is 16.2. The Kier molecular flexibility index (Phi) is 5.01. The second kappa shape index (κ2) is 7.42. The summed E-state index contributed by atoms with van der Waals surface area (Å²) in [5, 5.41) is 0. The minimum Gasteiger partial charge on any atom is -0.497 e. The van der Waals surface area contributed by atoms with E-state index in [0.717, 1.165) is 24.4 Å². The monoisotopic (exact) mass is 350 g/mol. The maximum atomic E-state index is 5.35. The van der Waals surface area contributed by atoms with Crippen molar-refractivity contribution in [2.45, 2.75) is 51.4 Å². The lowest BCUT2D eigenvalue weighted by Gasteiger charge is -2.42. The van der Waals surface area contributed by atoms with Crippen LogP contribution in [0.15, 0.2) is 48.5 Å². The Morgan fingerprint density at radius 2 is 1.65 bits per heavy atom. The van der Waals surface area contributed by atoms with Crippen LogP contribution in [-0.4, -0.2) is 48.1 Å². The first-order valence-corrected chi connectivity index (χ1v) is 9.87. The molecule has 0 saturated carbocycles. The number of fused-ring (bicyclic) bond motifs is 2. The summed E-state index contributed by atoms with van der Waals surface area (Å²) in [6, 6.07) is 19.5. The van der Waals surface area contributed by atoms with Gasteiger partial charge in [0.2, 0.25) is 0 Å². The van der Waals surface area contributed by atoms with Gasteiger partial charge in [0, 0.05) is 37.8 Å². The van der Waals surface area contributed by atoms with Crippen molar-refractivity contribution >= 4 is 0 Å². The molecule has 3 nitrogen and oxygen atoms in total. The summed E-state index contributed by atoms with van der Waals surface area (Å²) >= 11 is 0. The molecule has 2 bridgehead atoms. The molecule has 2 aromatic carbocycles. The van der Waals surface area contributed by atoms with Crippen molar-refractivity contribution in [1.29, 1.82) is 0 Å². The van der Waals surface area contributed by atoms with Crippen LogP contribution in [0.25, 0.3) is 11.1 Å². The summed E-state index contributed by atoms with van der Waals surface area (Å²) in [5.74, 6) is 0.908. The predicted octanol–water partition coefficient (Wildman–Crippen LogP) is 4.42. The highest BCUT2D eigenvalue weighted by molar-refractivity contribution is 5.65. The fourth-order valence-corrected chi connectivity index (χ4v) is 4.52. The first-order chi connectivity index (χ1) is 12.6. The lowest BCUT2D eigenvalue weighted by atomic mass is 10.0. The molecule has 2 fully saturated rings. The first kappa shape index (κ1) is 17.6. The molecule has 2 aromatic rings. The van der Waals surface area contributed by atoms with Crippen molar-refractivity contribution in [3.05, 3.63) is 54.1 Å². The summed E-state index contributed by atoms with van der Waals surface area (Å²) in [6.45, 7) is 8.20. The Hall–Kier alpha value is -1.84. The summed E-state index contributed by atoms with van der Waals surface area (Å²) in [7, 11) is 1.72. The lowest BCUT2D eigenvalue weighted by Crippen LogP contribution is -2.54. The molecule has 2 atom stereocenters. The highest BCUT2D eigenvalue weighted by atomic mass is 16.5. The van der Waals surface area contributed by atoms with Gasteiger partial charge in [-0.25, -0.2) is 0 Å². The van der Waals surface area contributed by atoms with Crippen LogP contribution in [0, 0.1) is 0 Å². The van der Waals surface area contributed by atoms with Crippen LogP contribution in [0.2, 0.25) is 0 Å². The van der Waals surface area contributed by atoms with Gasteiger partial charge in [-0.1, -0.05) is 36.4 Å². The van der Waals surface area contributed by atoms with Crippen molar-refractivity contribution in [3.8, 4) is 16.9 Å². The zero-order valence-electron chi connectivity index (χ0n) is 16.2. The maximum Gasteiger partial charge on any atom is 0.119 e. The van der Waals surface area contributed by atoms with Gasteiger partial charge >= 0.3 is 0 Å². The second-order valence-electron chi connectivity index (χ2n) is 8.03. The number of nitrogens with zero attached hydrogens (tertiary/aromatic N) is 2. The van der Waals surface area contributed by atoms with Crippen LogP contribution >= 0.6 is 0 Å². The van der Waals surface area contributed by atoms with E-state index in [-0.39, 0.29) is 0 Å². The minimum atomic E-state index is 0.669. The molecule has 4 rings (SSSR count). The van der Waals surface area contributed by atoms with Crippen LogP contribution in [0.4, 0.5) is 0 Å². The molecule has 26 heavy (non-hydrogen) atoms. The van der Waals surface area contributed by atoms with Crippen LogP contribution in [0.5, 0.6) is 5.75 Å². The van der Waals surface area contributed by atoms with E-state index in [2.05, 4.69) is 60.0 Å². The molecule has 0 aromatic heterocycles. The highest BCUT2D eigenvalue weighted by Crippen LogP contribution is 2.33. The van der Waals surface area contributed by atoms with Crippen molar-refractivity contribution in [3.63, 3.8) is 0 Å². The van der Waals surface area contributed by atoms with Gasteiger partial charge in [0.25, 0.3) is 0 Å². The molecule has 2 aliphatic rings. The van der Waals surface area contributed by atoms with Gasteiger partial charge in [-0.05, 0) is 55.5 Å². The van der Waals surface area contributed by atoms with Crippen LogP contribution < -0.4 is 4.74 Å². The molecule has 0 radical (unpaired) electrons. The highest BCUT2D eigenvalue weighted by Gasteiger charge is 2.40. The van der Waals surface area contributed by atoms with E-state index < -0.39 is 0 Å². The molecular formula is C23H30N2O. The smallest absolute Gasteiger partial charge is 0.119 e. The van der Waals surface area contributed by atoms with Gasteiger partial charge in [-0.2, -0.15) is 0 Å². The van der Waals surface area contributed by atoms with Gasteiger partial charge in [0.05, 0.1) is 7.11 Å². The van der Waals surface area contributed by atoms with Gasteiger partial charge in [-0.15, -0.1) is 0 Å². The quantitative estimate of drug-likeness (QED) is 0.794. The number of hydrogen-bond acceptors (Lipinski definition) is 3. The average Bonchev–Trinajstić information content (AvgIpc) is 2.90. The molecule has 0 aliphatic carbocycles. The lowest BCUT2D eigenvalue weighted by molar-refractivity contribution is 0.0442. The summed E-state index contributed by atoms with van der Waals surface area (Å²) in [6.07, 6.45) is 2.71. The van der Waals surface area contributed by atoms with Crippen molar-refractivity contribution in [2.24, 2.45) is 0 Å². The second-order valence-corrected chi connectivity index (χ2v) is 8.03. The summed E-state index contributed by atoms with van der Waals surface area (Å²) < 4.78 is 5.35. The SMILES string of the molecule is COc1cccc(-c2ccc(CN3C4CCC3CN(C(C)C)C4)cc2)c1. The van der Waals surface area contributed by atoms with E-state index in [1.807, 2.05) is 12.1 Å². The minimum absolute atomic E-state index is 0.669. The Balaban J connectivity index is 1.45.